The fourth-order valence-electron chi connectivity index (χ4n) is 1.66. The van der Waals surface area contributed by atoms with Gasteiger partial charge in [0.2, 0.25) is 5.88 Å². The van der Waals surface area contributed by atoms with E-state index in [9.17, 15) is 0 Å². The van der Waals surface area contributed by atoms with Crippen LogP contribution in [0.5, 0.6) is 5.88 Å². The average molecular weight is 362 g/mol. The van der Waals surface area contributed by atoms with E-state index in [1.165, 1.54) is 7.11 Å². The van der Waals surface area contributed by atoms with Gasteiger partial charge >= 0.3 is 7.12 Å². The molecule has 2 heterocycles. The minimum absolute atomic E-state index is 0.382. The molecule has 98 valence electrons. The Morgan fingerprint density at radius 3 is 2.50 bits per heavy atom. The van der Waals surface area contributed by atoms with Crippen LogP contribution in [-0.2, 0) is 9.31 Å². The first-order valence-corrected chi connectivity index (χ1v) is 6.68. The molecule has 1 atom stereocenters. The second-order valence-corrected chi connectivity index (χ2v) is 6.92. The van der Waals surface area contributed by atoms with Crippen LogP contribution in [0.4, 0.5) is 5.69 Å². The third-order valence-electron chi connectivity index (χ3n) is 3.17. The minimum atomic E-state index is -0.456. The molecule has 18 heavy (non-hydrogen) atoms. The van der Waals surface area contributed by atoms with Crippen molar-refractivity contribution in [3.8, 4) is 5.88 Å². The van der Waals surface area contributed by atoms with E-state index in [-0.39, 0.29) is 5.60 Å². The maximum atomic E-state index is 5.91. The van der Waals surface area contributed by atoms with Gasteiger partial charge in [0, 0.05) is 11.7 Å². The quantitative estimate of drug-likeness (QED) is 0.489. The van der Waals surface area contributed by atoms with Crippen LogP contribution in [0.15, 0.2) is 12.3 Å². The molecule has 0 aromatic carbocycles. The van der Waals surface area contributed by atoms with E-state index in [4.69, 9.17) is 19.8 Å². The summed E-state index contributed by atoms with van der Waals surface area (Å²) in [6, 6.07) is 1.77. The largest absolute Gasteiger partial charge is 0.497 e. The number of hydrogen-bond acceptors (Lipinski definition) is 5. The molecule has 0 bridgehead atoms. The highest BCUT2D eigenvalue weighted by atomic mass is 127. The standard InChI is InChI=1S/C11H16BIN2O3/c1-10(2)11(3,13)18-12(17-10)7-5-8(14)9(16-4)15-6-7/h5-6H,14H2,1-4H3. The summed E-state index contributed by atoms with van der Waals surface area (Å²) in [4.78, 5) is 4.13. The van der Waals surface area contributed by atoms with Gasteiger partial charge < -0.3 is 19.8 Å². The maximum Gasteiger partial charge on any atom is 0.497 e. The smallest absolute Gasteiger partial charge is 0.480 e. The number of rotatable bonds is 2. The molecule has 1 saturated heterocycles. The van der Waals surface area contributed by atoms with Crippen LogP contribution in [0.25, 0.3) is 0 Å². The summed E-state index contributed by atoms with van der Waals surface area (Å²) in [6.07, 6.45) is 1.66. The van der Waals surface area contributed by atoms with Gasteiger partial charge in [-0.2, -0.15) is 0 Å². The van der Waals surface area contributed by atoms with Crippen LogP contribution in [-0.4, -0.2) is 28.4 Å². The van der Waals surface area contributed by atoms with Crippen molar-refractivity contribution in [1.82, 2.24) is 4.98 Å². The number of pyridine rings is 1. The lowest BCUT2D eigenvalue weighted by Crippen LogP contribution is -2.38. The van der Waals surface area contributed by atoms with Crippen molar-refractivity contribution in [2.45, 2.75) is 30.0 Å². The summed E-state index contributed by atoms with van der Waals surface area (Å²) in [5.74, 6) is 0.410. The van der Waals surface area contributed by atoms with Crippen LogP contribution in [0, 0.1) is 0 Å². The lowest BCUT2D eigenvalue weighted by Gasteiger charge is -2.30. The monoisotopic (exact) mass is 362 g/mol. The molecule has 0 aliphatic carbocycles. The fourth-order valence-corrected chi connectivity index (χ4v) is 2.02. The van der Waals surface area contributed by atoms with E-state index < -0.39 is 10.7 Å². The second kappa shape index (κ2) is 4.54. The van der Waals surface area contributed by atoms with Gasteiger partial charge in [-0.05, 0) is 49.4 Å². The van der Waals surface area contributed by atoms with E-state index in [0.717, 1.165) is 5.46 Å². The highest BCUT2D eigenvalue weighted by Gasteiger charge is 2.53. The summed E-state index contributed by atoms with van der Waals surface area (Å²) in [5, 5.41) is 0. The van der Waals surface area contributed by atoms with Crippen molar-refractivity contribution in [3.05, 3.63) is 12.3 Å². The molecule has 0 radical (unpaired) electrons. The molecule has 1 aromatic rings. The molecule has 0 saturated carbocycles. The first-order chi connectivity index (χ1) is 8.27. The van der Waals surface area contributed by atoms with Gasteiger partial charge in [-0.3, -0.25) is 0 Å². The van der Waals surface area contributed by atoms with Crippen LogP contribution in [0.3, 0.4) is 0 Å². The van der Waals surface area contributed by atoms with Gasteiger partial charge in [0.1, 0.15) is 3.61 Å². The van der Waals surface area contributed by atoms with Crippen molar-refractivity contribution < 1.29 is 14.0 Å². The van der Waals surface area contributed by atoms with Gasteiger partial charge in [0.25, 0.3) is 0 Å². The number of nitrogens with two attached hydrogens (primary N) is 1. The van der Waals surface area contributed by atoms with E-state index >= 15 is 0 Å². The van der Waals surface area contributed by atoms with Gasteiger partial charge in [-0.25, -0.2) is 4.98 Å². The normalized spacial score (nSPS) is 26.4. The third-order valence-corrected chi connectivity index (χ3v) is 4.72. The highest BCUT2D eigenvalue weighted by molar-refractivity contribution is 14.1. The zero-order chi connectivity index (χ0) is 13.6. The van der Waals surface area contributed by atoms with Crippen LogP contribution < -0.4 is 15.9 Å². The molecule has 0 spiro atoms. The second-order valence-electron chi connectivity index (χ2n) is 4.86. The zero-order valence-electron chi connectivity index (χ0n) is 10.9. The van der Waals surface area contributed by atoms with Gasteiger partial charge in [-0.15, -0.1) is 0 Å². The molecule has 1 unspecified atom stereocenters. The summed E-state index contributed by atoms with van der Waals surface area (Å²) in [5.41, 5.74) is 6.72. The number of hydrogen-bond donors (Lipinski definition) is 1. The molecule has 2 rings (SSSR count). The Bertz CT molecular complexity index is 452. The van der Waals surface area contributed by atoms with Crippen LogP contribution in [0.2, 0.25) is 0 Å². The van der Waals surface area contributed by atoms with E-state index in [1.54, 1.807) is 12.3 Å². The van der Waals surface area contributed by atoms with E-state index in [2.05, 4.69) is 27.6 Å². The predicted octanol–water partition coefficient (Wildman–Crippen LogP) is 1.34. The Morgan fingerprint density at radius 1 is 1.39 bits per heavy atom. The lowest BCUT2D eigenvalue weighted by atomic mass is 9.80. The number of nitrogens with zero attached hydrogens (tertiary/aromatic N) is 1. The molecule has 1 aromatic heterocycles. The van der Waals surface area contributed by atoms with Crippen LogP contribution >= 0.6 is 22.6 Å². The van der Waals surface area contributed by atoms with Crippen molar-refractivity contribution in [2.24, 2.45) is 0 Å². The zero-order valence-corrected chi connectivity index (χ0v) is 13.0. The number of alkyl halides is 1. The number of halogens is 1. The Balaban J connectivity index is 2.27. The topological polar surface area (TPSA) is 66.6 Å². The van der Waals surface area contributed by atoms with Gasteiger partial charge in [0.15, 0.2) is 0 Å². The van der Waals surface area contributed by atoms with Crippen molar-refractivity contribution in [3.63, 3.8) is 0 Å². The van der Waals surface area contributed by atoms with Gasteiger partial charge in [0.05, 0.1) is 18.4 Å². The molecule has 1 aliphatic rings. The maximum absolute atomic E-state index is 5.91. The molecule has 7 heteroatoms. The molecular formula is C11H16BIN2O3. The molecule has 5 nitrogen and oxygen atoms in total. The summed E-state index contributed by atoms with van der Waals surface area (Å²) < 4.78 is 16.4. The van der Waals surface area contributed by atoms with E-state index in [1.807, 2.05) is 20.8 Å². The first-order valence-electron chi connectivity index (χ1n) is 5.61. The SMILES string of the molecule is COc1ncc(B2OC(C)(C)C(C)(I)O2)cc1N. The van der Waals surface area contributed by atoms with Crippen molar-refractivity contribution in [2.75, 3.05) is 12.8 Å². The Labute approximate surface area is 121 Å². The van der Waals surface area contributed by atoms with Crippen molar-refractivity contribution in [1.29, 1.82) is 0 Å². The molecule has 0 amide bonds. The Morgan fingerprint density at radius 2 is 2.06 bits per heavy atom. The number of aromatic nitrogens is 1. The average Bonchev–Trinajstić information content (AvgIpc) is 2.48. The Hall–Kier alpha value is -0.535. The molecule has 1 fully saturated rings. The van der Waals surface area contributed by atoms with Crippen molar-refractivity contribution >= 4 is 40.9 Å². The molecule has 1 aliphatic heterocycles. The highest BCUT2D eigenvalue weighted by Crippen LogP contribution is 2.42. The molecule has 2 N–H and O–H groups in total. The third kappa shape index (κ3) is 2.31. The fraction of sp³-hybridized carbons (Fsp3) is 0.545. The number of anilines is 1. The minimum Gasteiger partial charge on any atom is -0.480 e. The van der Waals surface area contributed by atoms with Crippen LogP contribution in [0.1, 0.15) is 20.8 Å². The lowest BCUT2D eigenvalue weighted by molar-refractivity contribution is 0.0726. The number of nitrogen functional groups attached to an aromatic ring is 1. The van der Waals surface area contributed by atoms with E-state index in [0.29, 0.717) is 11.6 Å². The Kier molecular flexibility index (Phi) is 3.50. The molecular weight excluding hydrogens is 346 g/mol. The predicted molar refractivity (Wildman–Crippen MR) is 79.3 cm³/mol. The summed E-state index contributed by atoms with van der Waals surface area (Å²) in [7, 11) is 1.08. The van der Waals surface area contributed by atoms with Gasteiger partial charge in [-0.1, -0.05) is 0 Å². The summed E-state index contributed by atoms with van der Waals surface area (Å²) in [6.45, 7) is 5.99. The number of methoxy groups -OCH3 is 1. The first kappa shape index (κ1) is 13.9. The number of ether oxygens (including phenoxy) is 1. The summed E-state index contributed by atoms with van der Waals surface area (Å²) >= 11 is 2.25.